The molecule has 27 heavy (non-hydrogen) atoms. The largest absolute Gasteiger partial charge is 0.497 e. The van der Waals surface area contributed by atoms with Crippen LogP contribution in [0.5, 0.6) is 5.75 Å². The molecule has 0 amide bonds. The summed E-state index contributed by atoms with van der Waals surface area (Å²) in [5.74, 6) is 2.22. The lowest BCUT2D eigenvalue weighted by Gasteiger charge is -2.34. The Kier molecular flexibility index (Phi) is 5.58. The summed E-state index contributed by atoms with van der Waals surface area (Å²) in [4.78, 5) is 15.4. The number of hydrogen-bond donors (Lipinski definition) is 0. The van der Waals surface area contributed by atoms with Crippen LogP contribution < -0.4 is 4.74 Å². The van der Waals surface area contributed by atoms with Crippen molar-refractivity contribution in [2.75, 3.05) is 26.7 Å². The van der Waals surface area contributed by atoms with Gasteiger partial charge in [-0.3, -0.25) is 4.79 Å². The molecule has 3 heteroatoms. The predicted octanol–water partition coefficient (Wildman–Crippen LogP) is 4.71. The molecule has 1 atom stereocenters. The summed E-state index contributed by atoms with van der Waals surface area (Å²) in [6, 6.07) is 16.9. The molecular formula is C24H29NO2. The SMILES string of the molecule is COc1ccc2c(c1)C(=O)CC(CN1CCC(c3ccccc3)CC1)CC2. The van der Waals surface area contributed by atoms with E-state index >= 15 is 0 Å². The van der Waals surface area contributed by atoms with E-state index in [1.54, 1.807) is 7.11 Å². The first-order valence-corrected chi connectivity index (χ1v) is 10.2. The van der Waals surface area contributed by atoms with E-state index in [0.29, 0.717) is 18.3 Å². The van der Waals surface area contributed by atoms with Crippen LogP contribution in [0.4, 0.5) is 0 Å². The quantitative estimate of drug-likeness (QED) is 0.737. The third-order valence-electron chi connectivity index (χ3n) is 6.29. The lowest BCUT2D eigenvalue weighted by Crippen LogP contribution is -2.37. The molecule has 2 aromatic carbocycles. The number of fused-ring (bicyclic) bond motifs is 1. The Balaban J connectivity index is 1.34. The first kappa shape index (κ1) is 18.2. The molecule has 1 heterocycles. The molecule has 1 fully saturated rings. The number of methoxy groups -OCH3 is 1. The summed E-state index contributed by atoms with van der Waals surface area (Å²) >= 11 is 0. The number of carbonyl (C=O) groups is 1. The Morgan fingerprint density at radius 3 is 2.56 bits per heavy atom. The van der Waals surface area contributed by atoms with Crippen LogP contribution in [0.25, 0.3) is 0 Å². The molecule has 0 spiro atoms. The van der Waals surface area contributed by atoms with Gasteiger partial charge < -0.3 is 9.64 Å². The summed E-state index contributed by atoms with van der Waals surface area (Å²) in [5.41, 5.74) is 3.54. The van der Waals surface area contributed by atoms with Crippen molar-refractivity contribution in [1.29, 1.82) is 0 Å². The number of hydrogen-bond acceptors (Lipinski definition) is 3. The Morgan fingerprint density at radius 1 is 1.04 bits per heavy atom. The van der Waals surface area contributed by atoms with Gasteiger partial charge in [-0.2, -0.15) is 0 Å². The number of Topliss-reactive ketones (excluding diaryl/α,β-unsaturated/α-hetero) is 1. The maximum atomic E-state index is 12.8. The summed E-state index contributed by atoms with van der Waals surface area (Å²) in [7, 11) is 1.66. The smallest absolute Gasteiger partial charge is 0.163 e. The lowest BCUT2D eigenvalue weighted by atomic mass is 9.88. The highest BCUT2D eigenvalue weighted by atomic mass is 16.5. The molecule has 0 aromatic heterocycles. The van der Waals surface area contributed by atoms with E-state index in [0.717, 1.165) is 43.8 Å². The third-order valence-corrected chi connectivity index (χ3v) is 6.29. The van der Waals surface area contributed by atoms with Gasteiger partial charge in [-0.25, -0.2) is 0 Å². The molecule has 1 aliphatic carbocycles. The number of rotatable bonds is 4. The second-order valence-corrected chi connectivity index (χ2v) is 8.04. The van der Waals surface area contributed by atoms with Crippen molar-refractivity contribution in [2.45, 2.75) is 38.0 Å². The van der Waals surface area contributed by atoms with Gasteiger partial charge in [-0.05, 0) is 73.9 Å². The minimum atomic E-state index is 0.283. The zero-order valence-electron chi connectivity index (χ0n) is 16.2. The molecule has 2 aromatic rings. The molecule has 1 unspecified atom stereocenters. The zero-order chi connectivity index (χ0) is 18.6. The molecule has 0 saturated carbocycles. The Bertz CT molecular complexity index is 778. The van der Waals surface area contributed by atoms with Crippen molar-refractivity contribution in [3.63, 3.8) is 0 Å². The molecule has 0 N–H and O–H groups in total. The minimum Gasteiger partial charge on any atom is -0.497 e. The van der Waals surface area contributed by atoms with E-state index in [1.165, 1.54) is 24.0 Å². The van der Waals surface area contributed by atoms with E-state index in [2.05, 4.69) is 41.3 Å². The normalized spacial score (nSPS) is 21.5. The molecule has 2 aliphatic rings. The van der Waals surface area contributed by atoms with Gasteiger partial charge in [0.25, 0.3) is 0 Å². The number of nitrogens with zero attached hydrogens (tertiary/aromatic N) is 1. The molecule has 0 bridgehead atoms. The second-order valence-electron chi connectivity index (χ2n) is 8.04. The van der Waals surface area contributed by atoms with Gasteiger partial charge in [0.15, 0.2) is 5.78 Å². The maximum Gasteiger partial charge on any atom is 0.163 e. The van der Waals surface area contributed by atoms with E-state index in [-0.39, 0.29) is 5.78 Å². The summed E-state index contributed by atoms with van der Waals surface area (Å²) in [6.45, 7) is 3.34. The van der Waals surface area contributed by atoms with Crippen molar-refractivity contribution in [2.24, 2.45) is 5.92 Å². The van der Waals surface area contributed by atoms with Crippen LogP contribution in [0.2, 0.25) is 0 Å². The number of piperidine rings is 1. The monoisotopic (exact) mass is 363 g/mol. The van der Waals surface area contributed by atoms with E-state index in [1.807, 2.05) is 12.1 Å². The lowest BCUT2D eigenvalue weighted by molar-refractivity contribution is 0.0941. The van der Waals surface area contributed by atoms with Crippen molar-refractivity contribution in [3.05, 3.63) is 65.2 Å². The molecule has 4 rings (SSSR count). The van der Waals surface area contributed by atoms with Crippen molar-refractivity contribution < 1.29 is 9.53 Å². The summed E-state index contributed by atoms with van der Waals surface area (Å²) in [5, 5.41) is 0. The Hall–Kier alpha value is -2.13. The van der Waals surface area contributed by atoms with Gasteiger partial charge in [0.1, 0.15) is 5.75 Å². The van der Waals surface area contributed by atoms with Crippen LogP contribution in [0.1, 0.15) is 53.1 Å². The van der Waals surface area contributed by atoms with Crippen LogP contribution in [-0.4, -0.2) is 37.4 Å². The fourth-order valence-electron chi connectivity index (χ4n) is 4.69. The van der Waals surface area contributed by atoms with Gasteiger partial charge in [-0.1, -0.05) is 36.4 Å². The predicted molar refractivity (Wildman–Crippen MR) is 109 cm³/mol. The standard InChI is InChI=1S/C24H29NO2/c1-27-22-10-9-21-8-7-18(15-24(26)23(21)16-22)17-25-13-11-20(12-14-25)19-5-3-2-4-6-19/h2-6,9-10,16,18,20H,7-8,11-15,17H2,1H3. The van der Waals surface area contributed by atoms with Crippen LogP contribution in [0.3, 0.4) is 0 Å². The number of aryl methyl sites for hydroxylation is 1. The van der Waals surface area contributed by atoms with Crippen LogP contribution in [-0.2, 0) is 6.42 Å². The number of ketones is 1. The van der Waals surface area contributed by atoms with Crippen LogP contribution >= 0.6 is 0 Å². The molecule has 3 nitrogen and oxygen atoms in total. The van der Waals surface area contributed by atoms with E-state index < -0.39 is 0 Å². The summed E-state index contributed by atoms with van der Waals surface area (Å²) < 4.78 is 5.30. The van der Waals surface area contributed by atoms with Crippen molar-refractivity contribution in [3.8, 4) is 5.75 Å². The highest BCUT2D eigenvalue weighted by molar-refractivity contribution is 5.98. The van der Waals surface area contributed by atoms with E-state index in [9.17, 15) is 4.79 Å². The second kappa shape index (κ2) is 8.26. The van der Waals surface area contributed by atoms with Crippen molar-refractivity contribution in [1.82, 2.24) is 4.90 Å². The number of ether oxygens (including phenoxy) is 1. The van der Waals surface area contributed by atoms with Gasteiger partial charge in [0, 0.05) is 18.5 Å². The van der Waals surface area contributed by atoms with Crippen LogP contribution in [0, 0.1) is 5.92 Å². The number of carbonyl (C=O) groups excluding carboxylic acids is 1. The van der Waals surface area contributed by atoms with Gasteiger partial charge >= 0.3 is 0 Å². The third kappa shape index (κ3) is 4.24. The first-order valence-electron chi connectivity index (χ1n) is 10.2. The molecule has 0 radical (unpaired) electrons. The average molecular weight is 364 g/mol. The molecule has 1 saturated heterocycles. The average Bonchev–Trinajstić information content (AvgIpc) is 2.87. The zero-order valence-corrected chi connectivity index (χ0v) is 16.2. The van der Waals surface area contributed by atoms with E-state index in [4.69, 9.17) is 4.74 Å². The first-order chi connectivity index (χ1) is 13.2. The minimum absolute atomic E-state index is 0.283. The number of benzene rings is 2. The number of likely N-dealkylation sites (tertiary alicyclic amines) is 1. The van der Waals surface area contributed by atoms with Gasteiger partial charge in [-0.15, -0.1) is 0 Å². The van der Waals surface area contributed by atoms with Crippen molar-refractivity contribution >= 4 is 5.78 Å². The van der Waals surface area contributed by atoms with Gasteiger partial charge in [0.2, 0.25) is 0 Å². The Morgan fingerprint density at radius 2 is 1.81 bits per heavy atom. The highest BCUT2D eigenvalue weighted by Gasteiger charge is 2.27. The van der Waals surface area contributed by atoms with Crippen LogP contribution in [0.15, 0.2) is 48.5 Å². The molecule has 1 aliphatic heterocycles. The summed E-state index contributed by atoms with van der Waals surface area (Å²) in [6.07, 6.45) is 5.21. The maximum absolute atomic E-state index is 12.8. The molecule has 142 valence electrons. The fourth-order valence-corrected chi connectivity index (χ4v) is 4.69. The highest BCUT2D eigenvalue weighted by Crippen LogP contribution is 2.31. The van der Waals surface area contributed by atoms with Gasteiger partial charge in [0.05, 0.1) is 7.11 Å². The molecular weight excluding hydrogens is 334 g/mol. The Labute approximate surface area is 162 Å². The topological polar surface area (TPSA) is 29.5 Å². The fraction of sp³-hybridized carbons (Fsp3) is 0.458.